The van der Waals surface area contributed by atoms with Gasteiger partial charge < -0.3 is 9.64 Å². The number of carbonyl (C=O) groups is 1. The van der Waals surface area contributed by atoms with Crippen LogP contribution < -0.4 is 10.3 Å². The van der Waals surface area contributed by atoms with Gasteiger partial charge in [-0.05, 0) is 62.7 Å². The molecule has 1 aliphatic carbocycles. The van der Waals surface area contributed by atoms with Crippen molar-refractivity contribution in [3.8, 4) is 22.7 Å². The lowest BCUT2D eigenvalue weighted by atomic mass is 10.0. The Bertz CT molecular complexity index is 1450. The molecule has 34 heavy (non-hydrogen) atoms. The van der Waals surface area contributed by atoms with Crippen molar-refractivity contribution < 1.29 is 9.53 Å². The van der Waals surface area contributed by atoms with E-state index in [9.17, 15) is 9.59 Å². The SMILES string of the molecule is O=C1c2ccccc2-c2c1c1ccccc1c(=O)n2-c1ccc(OCCCN2CCCC2)cc1. The maximum absolute atomic E-state index is 13.6. The van der Waals surface area contributed by atoms with Crippen LogP contribution in [-0.2, 0) is 0 Å². The Hall–Kier alpha value is -3.70. The average Bonchev–Trinajstić information content (AvgIpc) is 3.50. The molecule has 2 aliphatic rings. The molecule has 0 amide bonds. The number of likely N-dealkylation sites (tertiary alicyclic amines) is 1. The maximum atomic E-state index is 13.6. The molecule has 0 saturated carbocycles. The molecular formula is C29H26N2O3. The molecule has 1 saturated heterocycles. The predicted octanol–water partition coefficient (Wildman–Crippen LogP) is 5.07. The van der Waals surface area contributed by atoms with Crippen molar-refractivity contribution in [3.63, 3.8) is 0 Å². The lowest BCUT2D eigenvalue weighted by Gasteiger charge is -2.16. The van der Waals surface area contributed by atoms with Crippen LogP contribution in [0.1, 0.15) is 35.2 Å². The van der Waals surface area contributed by atoms with Crippen LogP contribution in [0.2, 0.25) is 0 Å². The number of ether oxygens (including phenoxy) is 1. The van der Waals surface area contributed by atoms with Gasteiger partial charge in [-0.1, -0.05) is 42.5 Å². The van der Waals surface area contributed by atoms with Gasteiger partial charge in [-0.25, -0.2) is 0 Å². The fraction of sp³-hybridized carbons (Fsp3) is 0.241. The molecule has 3 aromatic carbocycles. The third-order valence-electron chi connectivity index (χ3n) is 6.93. The van der Waals surface area contributed by atoms with Crippen molar-refractivity contribution in [1.82, 2.24) is 9.47 Å². The summed E-state index contributed by atoms with van der Waals surface area (Å²) in [5, 5.41) is 1.25. The van der Waals surface area contributed by atoms with Gasteiger partial charge in [0.1, 0.15) is 5.75 Å². The van der Waals surface area contributed by atoms with Crippen LogP contribution in [-0.4, -0.2) is 41.5 Å². The Labute approximate surface area is 198 Å². The number of carbonyl (C=O) groups excluding carboxylic acids is 1. The van der Waals surface area contributed by atoms with E-state index in [1.165, 1.54) is 25.9 Å². The lowest BCUT2D eigenvalue weighted by Crippen LogP contribution is -2.22. The Morgan fingerprint density at radius 2 is 1.44 bits per heavy atom. The smallest absolute Gasteiger partial charge is 0.263 e. The van der Waals surface area contributed by atoms with Gasteiger partial charge in [-0.15, -0.1) is 0 Å². The Morgan fingerprint density at radius 3 is 2.21 bits per heavy atom. The van der Waals surface area contributed by atoms with Crippen LogP contribution in [0.4, 0.5) is 0 Å². The maximum Gasteiger partial charge on any atom is 0.263 e. The first-order valence-corrected chi connectivity index (χ1v) is 12.0. The monoisotopic (exact) mass is 450 g/mol. The molecular weight excluding hydrogens is 424 g/mol. The van der Waals surface area contributed by atoms with Crippen LogP contribution in [0, 0.1) is 0 Å². The topological polar surface area (TPSA) is 51.5 Å². The van der Waals surface area contributed by atoms with Gasteiger partial charge in [0.25, 0.3) is 5.56 Å². The summed E-state index contributed by atoms with van der Waals surface area (Å²) in [7, 11) is 0. The Morgan fingerprint density at radius 1 is 0.765 bits per heavy atom. The number of fused-ring (bicyclic) bond motifs is 5. The quantitative estimate of drug-likeness (QED) is 0.339. The first-order valence-electron chi connectivity index (χ1n) is 12.0. The molecule has 170 valence electrons. The van der Waals surface area contributed by atoms with Gasteiger partial charge in [0.15, 0.2) is 5.78 Å². The van der Waals surface area contributed by atoms with E-state index in [0.717, 1.165) is 30.0 Å². The fourth-order valence-corrected chi connectivity index (χ4v) is 5.28. The highest BCUT2D eigenvalue weighted by atomic mass is 16.5. The minimum absolute atomic E-state index is 0.0338. The van der Waals surface area contributed by atoms with E-state index in [4.69, 9.17) is 4.74 Å². The van der Waals surface area contributed by atoms with Gasteiger partial charge >= 0.3 is 0 Å². The highest BCUT2D eigenvalue weighted by Crippen LogP contribution is 2.40. The zero-order chi connectivity index (χ0) is 23.1. The van der Waals surface area contributed by atoms with Gasteiger partial charge in [0, 0.05) is 34.1 Å². The molecule has 5 heteroatoms. The van der Waals surface area contributed by atoms with E-state index in [2.05, 4.69) is 4.90 Å². The third-order valence-corrected chi connectivity index (χ3v) is 6.93. The van der Waals surface area contributed by atoms with Crippen LogP contribution >= 0.6 is 0 Å². The molecule has 0 atom stereocenters. The van der Waals surface area contributed by atoms with E-state index >= 15 is 0 Å². The van der Waals surface area contributed by atoms with Crippen LogP contribution in [0.15, 0.2) is 77.6 Å². The van der Waals surface area contributed by atoms with Gasteiger partial charge in [-0.2, -0.15) is 0 Å². The largest absolute Gasteiger partial charge is 0.494 e. The molecule has 1 aromatic heterocycles. The molecule has 1 fully saturated rings. The fourth-order valence-electron chi connectivity index (χ4n) is 5.28. The summed E-state index contributed by atoms with van der Waals surface area (Å²) >= 11 is 0. The van der Waals surface area contributed by atoms with Crippen molar-refractivity contribution in [2.75, 3.05) is 26.2 Å². The van der Waals surface area contributed by atoms with E-state index in [1.807, 2.05) is 66.7 Å². The summed E-state index contributed by atoms with van der Waals surface area (Å²) in [6.07, 6.45) is 3.60. The van der Waals surface area contributed by atoms with Crippen LogP contribution in [0.25, 0.3) is 27.7 Å². The summed E-state index contributed by atoms with van der Waals surface area (Å²) in [4.78, 5) is 29.5. The molecule has 1 aliphatic heterocycles. The second-order valence-corrected chi connectivity index (χ2v) is 9.03. The standard InChI is InChI=1S/C29H26N2O3/c32-28-24-10-3-2-9-23(24)27-26(28)22-8-1-4-11-25(22)29(33)31(27)20-12-14-21(15-13-20)34-19-7-18-30-16-5-6-17-30/h1-4,8-15H,5-7,16-19H2. The van der Waals surface area contributed by atoms with Crippen LogP contribution in [0.5, 0.6) is 5.75 Å². The molecule has 0 N–H and O–H groups in total. The van der Waals surface area contributed by atoms with Gasteiger partial charge in [0.05, 0.1) is 17.9 Å². The number of pyridine rings is 1. The number of nitrogens with zero attached hydrogens (tertiary/aromatic N) is 2. The molecule has 4 aromatic rings. The van der Waals surface area contributed by atoms with E-state index in [0.29, 0.717) is 34.2 Å². The lowest BCUT2D eigenvalue weighted by molar-refractivity contribution is 0.104. The number of ketones is 1. The highest BCUT2D eigenvalue weighted by Gasteiger charge is 2.32. The first kappa shape index (κ1) is 20.9. The Kier molecular flexibility index (Phi) is 5.27. The molecule has 6 rings (SSSR count). The molecule has 0 bridgehead atoms. The minimum atomic E-state index is -0.127. The summed E-state index contributed by atoms with van der Waals surface area (Å²) in [6.45, 7) is 4.14. The van der Waals surface area contributed by atoms with E-state index in [1.54, 1.807) is 10.6 Å². The van der Waals surface area contributed by atoms with Crippen molar-refractivity contribution >= 4 is 16.6 Å². The number of rotatable bonds is 6. The minimum Gasteiger partial charge on any atom is -0.494 e. The summed E-state index contributed by atoms with van der Waals surface area (Å²) < 4.78 is 7.63. The van der Waals surface area contributed by atoms with Gasteiger partial charge in [0.2, 0.25) is 0 Å². The zero-order valence-corrected chi connectivity index (χ0v) is 19.0. The third kappa shape index (κ3) is 3.44. The van der Waals surface area contributed by atoms with Gasteiger partial charge in [-0.3, -0.25) is 14.2 Å². The first-order chi connectivity index (χ1) is 16.7. The normalized spacial score (nSPS) is 15.0. The molecule has 0 spiro atoms. The zero-order valence-electron chi connectivity index (χ0n) is 19.0. The number of hydrogen-bond acceptors (Lipinski definition) is 4. The summed E-state index contributed by atoms with van der Waals surface area (Å²) in [5.41, 5.74) is 3.30. The summed E-state index contributed by atoms with van der Waals surface area (Å²) in [6, 6.07) is 22.5. The summed E-state index contributed by atoms with van der Waals surface area (Å²) in [5.74, 6) is 0.751. The highest BCUT2D eigenvalue weighted by molar-refractivity contribution is 6.26. The number of hydrogen-bond donors (Lipinski definition) is 0. The van der Waals surface area contributed by atoms with Crippen molar-refractivity contribution in [1.29, 1.82) is 0 Å². The molecule has 0 unspecified atom stereocenters. The molecule has 0 radical (unpaired) electrons. The number of benzene rings is 3. The molecule has 5 nitrogen and oxygen atoms in total. The van der Waals surface area contributed by atoms with Crippen molar-refractivity contribution in [2.45, 2.75) is 19.3 Å². The molecule has 2 heterocycles. The average molecular weight is 451 g/mol. The van der Waals surface area contributed by atoms with Crippen molar-refractivity contribution in [3.05, 3.63) is 94.3 Å². The Balaban J connectivity index is 1.36. The van der Waals surface area contributed by atoms with Crippen LogP contribution in [0.3, 0.4) is 0 Å². The van der Waals surface area contributed by atoms with E-state index < -0.39 is 0 Å². The number of aromatic nitrogens is 1. The van der Waals surface area contributed by atoms with E-state index in [-0.39, 0.29) is 11.3 Å². The second kappa shape index (κ2) is 8.58. The second-order valence-electron chi connectivity index (χ2n) is 9.03. The van der Waals surface area contributed by atoms with Crippen molar-refractivity contribution in [2.24, 2.45) is 0 Å². The predicted molar refractivity (Wildman–Crippen MR) is 134 cm³/mol.